The number of carbonyl (C=O) groups is 1. The topological polar surface area (TPSA) is 54.3 Å². The van der Waals surface area contributed by atoms with Crippen LogP contribution in [-0.2, 0) is 17.6 Å². The van der Waals surface area contributed by atoms with Gasteiger partial charge in [-0.15, -0.1) is 11.3 Å². The van der Waals surface area contributed by atoms with Crippen LogP contribution in [0.2, 0.25) is 0 Å². The lowest BCUT2D eigenvalue weighted by Gasteiger charge is -2.39. The van der Waals surface area contributed by atoms with Crippen LogP contribution in [0.15, 0.2) is 12.4 Å². The number of aromatic nitrogens is 3. The molecule has 6 nitrogen and oxygen atoms in total. The highest BCUT2D eigenvalue weighted by Crippen LogP contribution is 2.36. The molecule has 2 aromatic rings. The van der Waals surface area contributed by atoms with Crippen LogP contribution in [0.5, 0.6) is 0 Å². The summed E-state index contributed by atoms with van der Waals surface area (Å²) in [6.45, 7) is 2.74. The average molecular weight is 343 g/mol. The van der Waals surface area contributed by atoms with Crippen molar-refractivity contribution in [1.29, 1.82) is 0 Å². The molecular weight excluding hydrogens is 322 g/mol. The molecule has 4 heterocycles. The van der Waals surface area contributed by atoms with Crippen LogP contribution in [-0.4, -0.2) is 40.3 Å². The summed E-state index contributed by atoms with van der Waals surface area (Å²) in [7, 11) is 0. The van der Waals surface area contributed by atoms with Crippen molar-refractivity contribution in [2.75, 3.05) is 29.4 Å². The van der Waals surface area contributed by atoms with Crippen LogP contribution in [0.3, 0.4) is 0 Å². The third kappa shape index (κ3) is 2.33. The Morgan fingerprint density at radius 1 is 1.12 bits per heavy atom. The van der Waals surface area contributed by atoms with Gasteiger partial charge in [0.1, 0.15) is 0 Å². The van der Waals surface area contributed by atoms with E-state index in [9.17, 15) is 4.79 Å². The number of carbonyl (C=O) groups excluding carboxylic acids is 1. The number of nitrogens with zero attached hydrogens (tertiary/aromatic N) is 5. The number of hydrogen-bond donors (Lipinski definition) is 0. The number of hydrogen-bond acceptors (Lipinski definition) is 5. The fourth-order valence-corrected chi connectivity index (χ4v) is 5.01. The minimum Gasteiger partial charge on any atom is -0.344 e. The summed E-state index contributed by atoms with van der Waals surface area (Å²) < 4.78 is 2.02. The molecule has 126 valence electrons. The Labute approximate surface area is 145 Å². The van der Waals surface area contributed by atoms with Gasteiger partial charge in [0.05, 0.1) is 23.6 Å². The van der Waals surface area contributed by atoms with Gasteiger partial charge in [0.2, 0.25) is 5.91 Å². The SMILES string of the molecule is O=C1CCCN1c1cnn(C2CN(c3nc4c(s3)CCCC4)C2)c1. The normalized spacial score (nSPS) is 21.2. The molecular formula is C17H21N5OS. The second-order valence-corrected chi connectivity index (χ2v) is 8.02. The predicted molar refractivity (Wildman–Crippen MR) is 93.8 cm³/mol. The number of thiazole rings is 1. The van der Waals surface area contributed by atoms with E-state index < -0.39 is 0 Å². The molecule has 5 rings (SSSR count). The van der Waals surface area contributed by atoms with Gasteiger partial charge >= 0.3 is 0 Å². The van der Waals surface area contributed by atoms with Gasteiger partial charge in [0.25, 0.3) is 0 Å². The molecule has 0 spiro atoms. The van der Waals surface area contributed by atoms with E-state index in [4.69, 9.17) is 4.98 Å². The zero-order valence-electron chi connectivity index (χ0n) is 13.6. The van der Waals surface area contributed by atoms with Crippen LogP contribution in [0.25, 0.3) is 0 Å². The number of rotatable bonds is 3. The summed E-state index contributed by atoms with van der Waals surface area (Å²) in [6, 6.07) is 0.386. The molecule has 0 bridgehead atoms. The van der Waals surface area contributed by atoms with E-state index in [1.807, 2.05) is 33.3 Å². The predicted octanol–water partition coefficient (Wildman–Crippen LogP) is 2.41. The fraction of sp³-hybridized carbons (Fsp3) is 0.588. The first-order valence-corrected chi connectivity index (χ1v) is 9.67. The van der Waals surface area contributed by atoms with Crippen LogP contribution in [0.1, 0.15) is 42.3 Å². The van der Waals surface area contributed by atoms with Crippen molar-refractivity contribution in [3.8, 4) is 0 Å². The van der Waals surface area contributed by atoms with Crippen molar-refractivity contribution < 1.29 is 4.79 Å². The highest BCUT2D eigenvalue weighted by molar-refractivity contribution is 7.15. The monoisotopic (exact) mass is 343 g/mol. The molecule has 0 saturated carbocycles. The first-order valence-electron chi connectivity index (χ1n) is 8.86. The average Bonchev–Trinajstić information content (AvgIpc) is 3.24. The maximum atomic E-state index is 11.8. The second kappa shape index (κ2) is 5.58. The van der Waals surface area contributed by atoms with Crippen molar-refractivity contribution >= 4 is 28.1 Å². The third-order valence-corrected chi connectivity index (χ3v) is 6.53. The van der Waals surface area contributed by atoms with Crippen LogP contribution < -0.4 is 9.80 Å². The summed E-state index contributed by atoms with van der Waals surface area (Å²) in [5.74, 6) is 0.221. The summed E-state index contributed by atoms with van der Waals surface area (Å²) in [4.78, 5) is 22.4. The molecule has 2 saturated heterocycles. The van der Waals surface area contributed by atoms with Gasteiger partial charge < -0.3 is 9.80 Å². The highest BCUT2D eigenvalue weighted by atomic mass is 32.1. The molecule has 0 unspecified atom stereocenters. The van der Waals surface area contributed by atoms with E-state index in [0.29, 0.717) is 12.5 Å². The Bertz CT molecular complexity index is 752. The van der Waals surface area contributed by atoms with Gasteiger partial charge in [-0.1, -0.05) is 0 Å². The standard InChI is InChI=1S/C17H21N5OS/c23-16-6-3-7-21(16)12-8-18-22(11-12)13-9-20(10-13)17-19-14-4-1-2-5-15(14)24-17/h8,11,13H,1-7,9-10H2. The van der Waals surface area contributed by atoms with Gasteiger partial charge in [0.15, 0.2) is 5.13 Å². The third-order valence-electron chi connectivity index (χ3n) is 5.31. The van der Waals surface area contributed by atoms with E-state index in [1.54, 1.807) is 0 Å². The highest BCUT2D eigenvalue weighted by Gasteiger charge is 2.33. The zero-order chi connectivity index (χ0) is 16.1. The Morgan fingerprint density at radius 3 is 2.79 bits per heavy atom. The van der Waals surface area contributed by atoms with Crippen molar-refractivity contribution in [2.24, 2.45) is 0 Å². The van der Waals surface area contributed by atoms with Crippen molar-refractivity contribution in [3.63, 3.8) is 0 Å². The van der Waals surface area contributed by atoms with E-state index in [2.05, 4.69) is 10.00 Å². The van der Waals surface area contributed by atoms with Gasteiger partial charge in [-0.2, -0.15) is 5.10 Å². The lowest BCUT2D eigenvalue weighted by molar-refractivity contribution is -0.117. The van der Waals surface area contributed by atoms with E-state index >= 15 is 0 Å². The lowest BCUT2D eigenvalue weighted by Crippen LogP contribution is -2.48. The molecule has 1 aliphatic carbocycles. The van der Waals surface area contributed by atoms with Gasteiger partial charge in [-0.3, -0.25) is 9.48 Å². The van der Waals surface area contributed by atoms with Crippen molar-refractivity contribution in [1.82, 2.24) is 14.8 Å². The molecule has 0 aromatic carbocycles. The minimum absolute atomic E-state index is 0.221. The molecule has 0 N–H and O–H groups in total. The zero-order valence-corrected chi connectivity index (χ0v) is 14.5. The first kappa shape index (κ1) is 14.5. The summed E-state index contributed by atoms with van der Waals surface area (Å²) in [5, 5.41) is 5.67. The number of anilines is 2. The molecule has 0 atom stereocenters. The Kier molecular flexibility index (Phi) is 3.36. The van der Waals surface area contributed by atoms with Crippen LogP contribution in [0.4, 0.5) is 10.8 Å². The van der Waals surface area contributed by atoms with Gasteiger partial charge in [-0.05, 0) is 32.1 Å². The summed E-state index contributed by atoms with van der Waals surface area (Å²) in [5.41, 5.74) is 2.28. The van der Waals surface area contributed by atoms with E-state index in [-0.39, 0.29) is 5.91 Å². The smallest absolute Gasteiger partial charge is 0.227 e. The largest absolute Gasteiger partial charge is 0.344 e. The Hall–Kier alpha value is -1.89. The van der Waals surface area contributed by atoms with Gasteiger partial charge in [-0.25, -0.2) is 4.98 Å². The maximum absolute atomic E-state index is 11.8. The number of fused-ring (bicyclic) bond motifs is 1. The van der Waals surface area contributed by atoms with Crippen molar-refractivity contribution in [2.45, 2.75) is 44.6 Å². The summed E-state index contributed by atoms with van der Waals surface area (Å²) >= 11 is 1.87. The molecule has 2 aromatic heterocycles. The molecule has 24 heavy (non-hydrogen) atoms. The molecule has 2 aliphatic heterocycles. The summed E-state index contributed by atoms with van der Waals surface area (Å²) in [6.07, 6.45) is 10.4. The molecule has 0 radical (unpaired) electrons. The van der Waals surface area contributed by atoms with Gasteiger partial charge in [0, 0.05) is 37.1 Å². The number of amides is 1. The van der Waals surface area contributed by atoms with Crippen molar-refractivity contribution in [3.05, 3.63) is 23.0 Å². The quantitative estimate of drug-likeness (QED) is 0.859. The maximum Gasteiger partial charge on any atom is 0.227 e. The van der Waals surface area contributed by atoms with Crippen LogP contribution >= 0.6 is 11.3 Å². The molecule has 2 fully saturated rings. The number of aryl methyl sites for hydroxylation is 2. The second-order valence-electron chi connectivity index (χ2n) is 6.96. The fourth-order valence-electron chi connectivity index (χ4n) is 3.84. The van der Waals surface area contributed by atoms with Crippen LogP contribution in [0, 0.1) is 0 Å². The molecule has 1 amide bonds. The van der Waals surface area contributed by atoms with E-state index in [1.165, 1.54) is 35.0 Å². The molecule has 3 aliphatic rings. The Morgan fingerprint density at radius 2 is 2.00 bits per heavy atom. The molecule has 7 heteroatoms. The Balaban J connectivity index is 1.26. The first-order chi connectivity index (χ1) is 11.8. The lowest BCUT2D eigenvalue weighted by atomic mass is 10.0. The van der Waals surface area contributed by atoms with E-state index in [0.717, 1.165) is 38.2 Å². The minimum atomic E-state index is 0.221.